The van der Waals surface area contributed by atoms with Crippen LogP contribution >= 0.6 is 0 Å². The summed E-state index contributed by atoms with van der Waals surface area (Å²) < 4.78 is 1.66. The van der Waals surface area contributed by atoms with E-state index in [9.17, 15) is 4.79 Å². The van der Waals surface area contributed by atoms with Crippen molar-refractivity contribution < 1.29 is 0 Å². The lowest BCUT2D eigenvalue weighted by molar-refractivity contribution is 0.852. The van der Waals surface area contributed by atoms with Crippen LogP contribution in [0.5, 0.6) is 0 Å². The smallest absolute Gasteiger partial charge is 0.277 e. The number of rotatable bonds is 7. The molecular formula is C27H31N5O. The number of aryl methyl sites for hydroxylation is 3. The lowest BCUT2D eigenvalue weighted by Gasteiger charge is -2.13. The van der Waals surface area contributed by atoms with Gasteiger partial charge >= 0.3 is 0 Å². The van der Waals surface area contributed by atoms with Gasteiger partial charge in [-0.1, -0.05) is 30.3 Å². The molecule has 0 radical (unpaired) electrons. The first-order valence-electron chi connectivity index (χ1n) is 11.1. The molecule has 2 heterocycles. The first kappa shape index (κ1) is 22.4. The number of nitrogens with zero attached hydrogens (tertiary/aromatic N) is 4. The van der Waals surface area contributed by atoms with Gasteiger partial charge in [-0.05, 0) is 61.2 Å². The summed E-state index contributed by atoms with van der Waals surface area (Å²) in [7, 11) is 8.14. The van der Waals surface area contributed by atoms with E-state index < -0.39 is 0 Å². The van der Waals surface area contributed by atoms with E-state index >= 15 is 0 Å². The molecule has 2 aromatic rings. The molecule has 0 spiro atoms. The second kappa shape index (κ2) is 9.36. The fourth-order valence-electron chi connectivity index (χ4n) is 3.80. The summed E-state index contributed by atoms with van der Waals surface area (Å²) in [5, 5.41) is 0. The maximum atomic E-state index is 12.6. The Morgan fingerprint density at radius 3 is 2.09 bits per heavy atom. The van der Waals surface area contributed by atoms with E-state index in [1.807, 2.05) is 46.5 Å². The lowest BCUT2D eigenvalue weighted by atomic mass is 10.1. The third kappa shape index (κ3) is 5.00. The Morgan fingerprint density at radius 1 is 0.879 bits per heavy atom. The average Bonchev–Trinajstić information content (AvgIpc) is 3.10. The molecule has 0 amide bonds. The Bertz CT molecular complexity index is 1280. The first-order chi connectivity index (χ1) is 15.8. The minimum absolute atomic E-state index is 0.0689. The van der Waals surface area contributed by atoms with Crippen LogP contribution in [0.4, 0.5) is 11.4 Å². The highest BCUT2D eigenvalue weighted by molar-refractivity contribution is 5.72. The Balaban J connectivity index is 1.60. The van der Waals surface area contributed by atoms with Crippen LogP contribution in [0.25, 0.3) is 18.0 Å². The largest absolute Gasteiger partial charge is 0.378 e. The van der Waals surface area contributed by atoms with Crippen molar-refractivity contribution in [3.63, 3.8) is 0 Å². The number of hydrogen-bond acceptors (Lipinski definition) is 4. The fourth-order valence-corrected chi connectivity index (χ4v) is 3.80. The zero-order valence-corrected chi connectivity index (χ0v) is 20.0. The van der Waals surface area contributed by atoms with Crippen molar-refractivity contribution in [1.82, 2.24) is 14.5 Å². The average molecular weight is 442 g/mol. The van der Waals surface area contributed by atoms with Crippen LogP contribution < -0.4 is 15.4 Å². The normalized spacial score (nSPS) is 11.4. The molecule has 170 valence electrons. The second-order valence-electron chi connectivity index (χ2n) is 8.77. The molecule has 0 saturated heterocycles. The Labute approximate surface area is 195 Å². The molecule has 0 saturated carbocycles. The summed E-state index contributed by atoms with van der Waals surface area (Å²) in [6.07, 6.45) is 7.61. The van der Waals surface area contributed by atoms with Crippen LogP contribution in [-0.2, 0) is 12.8 Å². The number of aromatic nitrogens is 3. The second-order valence-corrected chi connectivity index (χ2v) is 8.77. The molecule has 0 unspecified atom stereocenters. The predicted molar refractivity (Wildman–Crippen MR) is 138 cm³/mol. The van der Waals surface area contributed by atoms with E-state index in [-0.39, 0.29) is 5.56 Å². The first-order valence-corrected chi connectivity index (χ1v) is 11.1. The van der Waals surface area contributed by atoms with E-state index in [4.69, 9.17) is 0 Å². The topological polar surface area (TPSA) is 57.2 Å². The highest BCUT2D eigenvalue weighted by Crippen LogP contribution is 2.19. The Kier molecular flexibility index (Phi) is 6.36. The van der Waals surface area contributed by atoms with Crippen molar-refractivity contribution in [1.29, 1.82) is 0 Å². The van der Waals surface area contributed by atoms with E-state index in [0.717, 1.165) is 35.5 Å². The third-order valence-electron chi connectivity index (χ3n) is 5.84. The minimum Gasteiger partial charge on any atom is -0.378 e. The van der Waals surface area contributed by atoms with Gasteiger partial charge < -0.3 is 14.8 Å². The van der Waals surface area contributed by atoms with Crippen molar-refractivity contribution in [3.05, 3.63) is 93.3 Å². The van der Waals surface area contributed by atoms with Gasteiger partial charge in [0.2, 0.25) is 0 Å². The van der Waals surface area contributed by atoms with Crippen LogP contribution in [0.1, 0.15) is 28.2 Å². The van der Waals surface area contributed by atoms with Crippen molar-refractivity contribution >= 4 is 23.5 Å². The maximum Gasteiger partial charge on any atom is 0.277 e. The van der Waals surface area contributed by atoms with Crippen LogP contribution in [0.3, 0.4) is 0 Å². The summed E-state index contributed by atoms with van der Waals surface area (Å²) in [5.41, 5.74) is 6.95. The van der Waals surface area contributed by atoms with Gasteiger partial charge in [0.15, 0.2) is 5.82 Å². The standard InChI is InChI=1S/C27H31N5O/c1-19-27(33)32-18-22(12-6-20-7-13-23(14-8-20)30(2)3)29-25(26(32)28-19)17-11-21-9-15-24(16-10-21)31(4)5/h7-11,13-18,29H,6,12H2,1-5H3/b17-11+. The van der Waals surface area contributed by atoms with Gasteiger partial charge in [0.25, 0.3) is 5.56 Å². The number of hydrogen-bond donors (Lipinski definition) is 1. The number of nitrogens with one attached hydrogen (secondary N) is 1. The van der Waals surface area contributed by atoms with Gasteiger partial charge in [0.05, 0.1) is 5.69 Å². The van der Waals surface area contributed by atoms with Gasteiger partial charge in [-0.3, -0.25) is 9.36 Å². The highest BCUT2D eigenvalue weighted by Gasteiger charge is 2.16. The van der Waals surface area contributed by atoms with Gasteiger partial charge in [0.1, 0.15) is 5.69 Å². The summed E-state index contributed by atoms with van der Waals surface area (Å²) in [6, 6.07) is 16.9. The van der Waals surface area contributed by atoms with Gasteiger partial charge in [0, 0.05) is 51.5 Å². The molecule has 6 heteroatoms. The van der Waals surface area contributed by atoms with Crippen molar-refractivity contribution in [2.45, 2.75) is 19.8 Å². The summed E-state index contributed by atoms with van der Waals surface area (Å²) in [4.78, 5) is 24.8. The molecule has 0 aromatic heterocycles. The van der Waals surface area contributed by atoms with Gasteiger partial charge in [-0.2, -0.15) is 0 Å². The number of aromatic amines is 1. The molecule has 4 rings (SSSR count). The number of H-pyrrole nitrogens is 1. The van der Waals surface area contributed by atoms with Crippen LogP contribution in [-0.4, -0.2) is 42.7 Å². The zero-order valence-electron chi connectivity index (χ0n) is 20.0. The molecule has 6 nitrogen and oxygen atoms in total. The predicted octanol–water partition coefficient (Wildman–Crippen LogP) is 4.39. The zero-order chi connectivity index (χ0) is 23.5. The van der Waals surface area contributed by atoms with Crippen LogP contribution in [0, 0.1) is 6.92 Å². The van der Waals surface area contributed by atoms with Crippen molar-refractivity contribution in [3.8, 4) is 5.82 Å². The van der Waals surface area contributed by atoms with Gasteiger partial charge in [-0.25, -0.2) is 4.98 Å². The summed E-state index contributed by atoms with van der Waals surface area (Å²) >= 11 is 0. The number of imidazole rings is 1. The molecule has 2 aliphatic rings. The SMILES string of the molecule is Cc1nc2c(/C=C/c3ccc(N(C)C)cc3)[nH]c(CCc3ccc(N(C)C)cc3)cn-2c1=O. The summed E-state index contributed by atoms with van der Waals surface area (Å²) in [6.45, 7) is 1.76. The monoisotopic (exact) mass is 441 g/mol. The molecule has 0 fully saturated rings. The highest BCUT2D eigenvalue weighted by atomic mass is 16.1. The molecule has 0 aliphatic carbocycles. The van der Waals surface area contributed by atoms with Gasteiger partial charge in [-0.15, -0.1) is 0 Å². The fraction of sp³-hybridized carbons (Fsp3) is 0.259. The molecule has 2 aliphatic heterocycles. The molecule has 0 bridgehead atoms. The number of anilines is 2. The molecule has 0 atom stereocenters. The minimum atomic E-state index is -0.0689. The number of fused-ring (bicyclic) bond motifs is 1. The molecular weight excluding hydrogens is 410 g/mol. The van der Waals surface area contributed by atoms with Crippen molar-refractivity contribution in [2.24, 2.45) is 0 Å². The third-order valence-corrected chi connectivity index (χ3v) is 5.84. The summed E-state index contributed by atoms with van der Waals surface area (Å²) in [5.74, 6) is 0.651. The molecule has 1 N–H and O–H groups in total. The quantitative estimate of drug-likeness (QED) is 0.462. The van der Waals surface area contributed by atoms with E-state index in [0.29, 0.717) is 11.5 Å². The van der Waals surface area contributed by atoms with E-state index in [1.54, 1.807) is 11.5 Å². The Hall–Kier alpha value is -3.80. The van der Waals surface area contributed by atoms with Crippen LogP contribution in [0.2, 0.25) is 0 Å². The van der Waals surface area contributed by atoms with E-state index in [2.05, 4.69) is 68.3 Å². The van der Waals surface area contributed by atoms with E-state index in [1.165, 1.54) is 11.3 Å². The van der Waals surface area contributed by atoms with Crippen molar-refractivity contribution in [2.75, 3.05) is 38.0 Å². The Morgan fingerprint density at radius 2 is 1.48 bits per heavy atom. The lowest BCUT2D eigenvalue weighted by Crippen LogP contribution is -2.16. The molecule has 33 heavy (non-hydrogen) atoms. The van der Waals surface area contributed by atoms with Crippen LogP contribution in [0.15, 0.2) is 59.5 Å². The molecule has 2 aromatic carbocycles. The number of benzene rings is 2. The maximum absolute atomic E-state index is 12.6.